The quantitative estimate of drug-likeness (QED) is 0.801. The van der Waals surface area contributed by atoms with Crippen LogP contribution in [0.2, 0.25) is 0 Å². The maximum absolute atomic E-state index is 9.39. The predicted molar refractivity (Wildman–Crippen MR) is 48.4 cm³/mol. The van der Waals surface area contributed by atoms with Gasteiger partial charge in [-0.3, -0.25) is 0 Å². The van der Waals surface area contributed by atoms with Gasteiger partial charge in [0.05, 0.1) is 4.47 Å². The Balaban J connectivity index is 2.68. The zero-order valence-electron chi connectivity index (χ0n) is 6.44. The van der Waals surface area contributed by atoms with Crippen LogP contribution in [0.25, 0.3) is 0 Å². The zero-order valence-corrected chi connectivity index (χ0v) is 8.03. The van der Waals surface area contributed by atoms with Crippen LogP contribution >= 0.6 is 15.9 Å². The Morgan fingerprint density at radius 2 is 2.08 bits per heavy atom. The minimum atomic E-state index is -0.650. The van der Waals surface area contributed by atoms with Crippen molar-refractivity contribution in [3.63, 3.8) is 0 Å². The third-order valence-electron chi connectivity index (χ3n) is 1.38. The second kappa shape index (κ2) is 4.49. The van der Waals surface area contributed by atoms with Crippen molar-refractivity contribution in [1.82, 2.24) is 9.97 Å². The standard InChI is InChI=1S/C7H10BrN3O/c8-5-3-10-7(11-4-5)6(12)1-2-9/h3-4,6,12H,1-2,9H2. The Hall–Kier alpha value is -0.520. The lowest BCUT2D eigenvalue weighted by Crippen LogP contribution is -2.09. The van der Waals surface area contributed by atoms with E-state index >= 15 is 0 Å². The summed E-state index contributed by atoms with van der Waals surface area (Å²) in [6, 6.07) is 0. The molecular weight excluding hydrogens is 222 g/mol. The minimum Gasteiger partial charge on any atom is -0.385 e. The molecule has 0 bridgehead atoms. The van der Waals surface area contributed by atoms with Crippen LogP contribution in [0.5, 0.6) is 0 Å². The molecule has 1 heterocycles. The van der Waals surface area contributed by atoms with Gasteiger partial charge in [-0.2, -0.15) is 0 Å². The van der Waals surface area contributed by atoms with Gasteiger partial charge in [0.1, 0.15) is 6.10 Å². The number of hydrogen-bond donors (Lipinski definition) is 2. The minimum absolute atomic E-state index is 0.420. The molecule has 66 valence electrons. The summed E-state index contributed by atoms with van der Waals surface area (Å²) < 4.78 is 0.797. The van der Waals surface area contributed by atoms with Crippen LogP contribution in [-0.4, -0.2) is 21.6 Å². The number of nitrogens with two attached hydrogens (primary N) is 1. The third-order valence-corrected chi connectivity index (χ3v) is 1.79. The molecule has 4 nitrogen and oxygen atoms in total. The lowest BCUT2D eigenvalue weighted by atomic mass is 10.2. The summed E-state index contributed by atoms with van der Waals surface area (Å²) in [5.41, 5.74) is 5.27. The molecule has 0 aromatic carbocycles. The molecule has 1 atom stereocenters. The SMILES string of the molecule is NCCC(O)c1ncc(Br)cn1. The second-order valence-corrected chi connectivity index (χ2v) is 3.27. The Labute approximate surface area is 79.0 Å². The molecule has 5 heteroatoms. The molecule has 12 heavy (non-hydrogen) atoms. The topological polar surface area (TPSA) is 72.0 Å². The maximum Gasteiger partial charge on any atom is 0.156 e. The van der Waals surface area contributed by atoms with Gasteiger partial charge in [0.25, 0.3) is 0 Å². The van der Waals surface area contributed by atoms with Gasteiger partial charge in [0, 0.05) is 12.4 Å². The number of hydrogen-bond acceptors (Lipinski definition) is 4. The van der Waals surface area contributed by atoms with Gasteiger partial charge in [-0.05, 0) is 28.9 Å². The van der Waals surface area contributed by atoms with Crippen LogP contribution in [-0.2, 0) is 0 Å². The molecule has 0 amide bonds. The molecule has 0 fully saturated rings. The summed E-state index contributed by atoms with van der Waals surface area (Å²) in [5, 5.41) is 9.39. The summed E-state index contributed by atoms with van der Waals surface area (Å²) in [7, 11) is 0. The van der Waals surface area contributed by atoms with Crippen LogP contribution in [0, 0.1) is 0 Å². The smallest absolute Gasteiger partial charge is 0.156 e. The monoisotopic (exact) mass is 231 g/mol. The van der Waals surface area contributed by atoms with E-state index in [2.05, 4.69) is 25.9 Å². The Bertz CT molecular complexity index is 239. The fraction of sp³-hybridized carbons (Fsp3) is 0.429. The molecule has 1 aromatic rings. The molecule has 1 unspecified atom stereocenters. The van der Waals surface area contributed by atoms with Crippen molar-refractivity contribution >= 4 is 15.9 Å². The molecule has 0 saturated carbocycles. The highest BCUT2D eigenvalue weighted by atomic mass is 79.9. The van der Waals surface area contributed by atoms with Gasteiger partial charge in [-0.25, -0.2) is 9.97 Å². The lowest BCUT2D eigenvalue weighted by Gasteiger charge is -2.06. The van der Waals surface area contributed by atoms with Gasteiger partial charge in [-0.1, -0.05) is 0 Å². The van der Waals surface area contributed by atoms with E-state index in [1.807, 2.05) is 0 Å². The van der Waals surface area contributed by atoms with E-state index in [1.165, 1.54) is 0 Å². The van der Waals surface area contributed by atoms with Gasteiger partial charge in [0.2, 0.25) is 0 Å². The predicted octanol–water partition coefficient (Wildman–Crippen LogP) is 0.621. The highest BCUT2D eigenvalue weighted by molar-refractivity contribution is 9.10. The molecule has 3 N–H and O–H groups in total. The van der Waals surface area contributed by atoms with Crippen molar-refractivity contribution in [2.45, 2.75) is 12.5 Å². The third kappa shape index (κ3) is 2.51. The molecule has 0 radical (unpaired) electrons. The second-order valence-electron chi connectivity index (χ2n) is 2.35. The van der Waals surface area contributed by atoms with Crippen LogP contribution in [0.15, 0.2) is 16.9 Å². The van der Waals surface area contributed by atoms with E-state index in [0.717, 1.165) is 4.47 Å². The normalized spacial score (nSPS) is 12.9. The van der Waals surface area contributed by atoms with Gasteiger partial charge in [-0.15, -0.1) is 0 Å². The van der Waals surface area contributed by atoms with Crippen molar-refractivity contribution in [2.24, 2.45) is 5.73 Å². The highest BCUT2D eigenvalue weighted by Gasteiger charge is 2.08. The highest BCUT2D eigenvalue weighted by Crippen LogP contribution is 2.12. The largest absolute Gasteiger partial charge is 0.385 e. The number of halogens is 1. The van der Waals surface area contributed by atoms with Crippen LogP contribution in [0.3, 0.4) is 0 Å². The summed E-state index contributed by atoms with van der Waals surface area (Å²) in [4.78, 5) is 7.87. The first-order valence-electron chi connectivity index (χ1n) is 3.59. The summed E-state index contributed by atoms with van der Waals surface area (Å²) in [6.45, 7) is 0.431. The van der Waals surface area contributed by atoms with E-state index in [-0.39, 0.29) is 0 Å². The summed E-state index contributed by atoms with van der Waals surface area (Å²) >= 11 is 3.20. The number of rotatable bonds is 3. The number of aliphatic hydroxyl groups excluding tert-OH is 1. The molecule has 0 aliphatic carbocycles. The first kappa shape index (κ1) is 9.57. The summed E-state index contributed by atoms with van der Waals surface area (Å²) in [5.74, 6) is 0.420. The first-order chi connectivity index (χ1) is 5.74. The molecule has 0 spiro atoms. The fourth-order valence-corrected chi connectivity index (χ4v) is 0.986. The van der Waals surface area contributed by atoms with E-state index < -0.39 is 6.10 Å². The van der Waals surface area contributed by atoms with Crippen LogP contribution in [0.1, 0.15) is 18.3 Å². The maximum atomic E-state index is 9.39. The van der Waals surface area contributed by atoms with Crippen molar-refractivity contribution in [2.75, 3.05) is 6.54 Å². The van der Waals surface area contributed by atoms with Gasteiger partial charge >= 0.3 is 0 Å². The molecule has 0 aliphatic rings. The van der Waals surface area contributed by atoms with E-state index in [0.29, 0.717) is 18.8 Å². The number of aromatic nitrogens is 2. The molecule has 0 aliphatic heterocycles. The molecule has 0 saturated heterocycles. The average molecular weight is 232 g/mol. The van der Waals surface area contributed by atoms with Gasteiger partial charge < -0.3 is 10.8 Å². The van der Waals surface area contributed by atoms with Crippen molar-refractivity contribution < 1.29 is 5.11 Å². The van der Waals surface area contributed by atoms with Crippen molar-refractivity contribution in [3.05, 3.63) is 22.7 Å². The zero-order chi connectivity index (χ0) is 8.97. The first-order valence-corrected chi connectivity index (χ1v) is 4.39. The Kier molecular flexibility index (Phi) is 3.58. The molecular formula is C7H10BrN3O. The fourth-order valence-electron chi connectivity index (χ4n) is 0.781. The van der Waals surface area contributed by atoms with E-state index in [4.69, 9.17) is 5.73 Å². The van der Waals surface area contributed by atoms with Gasteiger partial charge in [0.15, 0.2) is 5.82 Å². The van der Waals surface area contributed by atoms with Crippen LogP contribution < -0.4 is 5.73 Å². The average Bonchev–Trinajstić information content (AvgIpc) is 2.06. The summed E-state index contributed by atoms with van der Waals surface area (Å²) in [6.07, 6.45) is 3.04. The Morgan fingerprint density at radius 3 is 2.58 bits per heavy atom. The number of nitrogens with zero attached hydrogens (tertiary/aromatic N) is 2. The Morgan fingerprint density at radius 1 is 1.50 bits per heavy atom. The molecule has 1 aromatic heterocycles. The van der Waals surface area contributed by atoms with E-state index in [9.17, 15) is 5.11 Å². The van der Waals surface area contributed by atoms with E-state index in [1.54, 1.807) is 12.4 Å². The van der Waals surface area contributed by atoms with Crippen molar-refractivity contribution in [1.29, 1.82) is 0 Å². The molecule has 1 rings (SSSR count). The van der Waals surface area contributed by atoms with Crippen molar-refractivity contribution in [3.8, 4) is 0 Å². The van der Waals surface area contributed by atoms with Crippen LogP contribution in [0.4, 0.5) is 0 Å². The lowest BCUT2D eigenvalue weighted by molar-refractivity contribution is 0.160. The number of aliphatic hydroxyl groups is 1.